The number of nitrogens with zero attached hydrogens (tertiary/aromatic N) is 2. The number of hydrogen-bond donors (Lipinski definition) is 1. The van der Waals surface area contributed by atoms with Gasteiger partial charge in [0.15, 0.2) is 0 Å². The fourth-order valence-electron chi connectivity index (χ4n) is 3.78. The van der Waals surface area contributed by atoms with Crippen LogP contribution in [0, 0.1) is 0 Å². The average Bonchev–Trinajstić information content (AvgIpc) is 3.09. The zero-order valence-corrected chi connectivity index (χ0v) is 20.4. The van der Waals surface area contributed by atoms with Gasteiger partial charge < -0.3 is 10.2 Å². The van der Waals surface area contributed by atoms with Crippen LogP contribution in [0.4, 0.5) is 5.69 Å². The Bertz CT molecular complexity index is 1140. The number of nitrogens with one attached hydrogen (secondary N) is 1. The van der Waals surface area contributed by atoms with Crippen LogP contribution in [0.5, 0.6) is 0 Å². The Morgan fingerprint density at radius 1 is 1.03 bits per heavy atom. The minimum atomic E-state index is -0.0679. The summed E-state index contributed by atoms with van der Waals surface area (Å²) in [4.78, 5) is 29.9. The summed E-state index contributed by atoms with van der Waals surface area (Å²) in [6.07, 6.45) is 0. The maximum absolute atomic E-state index is 13.0. The topological polar surface area (TPSA) is 52.7 Å². The zero-order valence-electron chi connectivity index (χ0n) is 18.0. The molecule has 2 heterocycles. The lowest BCUT2D eigenvalue weighted by atomic mass is 10.0. The molecule has 0 bridgehead atoms. The van der Waals surface area contributed by atoms with Crippen molar-refractivity contribution in [3.63, 3.8) is 0 Å². The second kappa shape index (κ2) is 9.79. The van der Waals surface area contributed by atoms with Crippen molar-refractivity contribution in [3.05, 3.63) is 63.0 Å². The molecule has 168 valence electrons. The second-order valence-corrected chi connectivity index (χ2v) is 10.1. The molecule has 1 aromatic heterocycles. The van der Waals surface area contributed by atoms with E-state index in [2.05, 4.69) is 24.1 Å². The molecule has 8 heteroatoms. The molecule has 2 amide bonds. The van der Waals surface area contributed by atoms with Crippen LogP contribution in [0.25, 0.3) is 10.1 Å². The molecule has 0 saturated carbocycles. The molecule has 3 aromatic rings. The Hall–Kier alpha value is -2.12. The number of amides is 2. The van der Waals surface area contributed by atoms with Crippen LogP contribution in [0.1, 0.15) is 35.0 Å². The van der Waals surface area contributed by atoms with Gasteiger partial charge in [-0.3, -0.25) is 14.5 Å². The first-order valence-corrected chi connectivity index (χ1v) is 12.2. The number of fused-ring (bicyclic) bond motifs is 1. The highest BCUT2D eigenvalue weighted by Gasteiger charge is 2.26. The predicted octanol–water partition coefficient (Wildman–Crippen LogP) is 5.73. The van der Waals surface area contributed by atoms with Crippen LogP contribution in [-0.4, -0.2) is 54.3 Å². The van der Waals surface area contributed by atoms with Gasteiger partial charge in [0.2, 0.25) is 5.91 Å². The van der Waals surface area contributed by atoms with Crippen molar-refractivity contribution in [2.24, 2.45) is 0 Å². The number of piperazine rings is 1. The summed E-state index contributed by atoms with van der Waals surface area (Å²) < 4.78 is 0.905. The maximum atomic E-state index is 13.0. The summed E-state index contributed by atoms with van der Waals surface area (Å²) in [5.41, 5.74) is 2.04. The van der Waals surface area contributed by atoms with Crippen LogP contribution in [0.3, 0.4) is 0 Å². The smallest absolute Gasteiger partial charge is 0.265 e. The first kappa shape index (κ1) is 23.1. The monoisotopic (exact) mass is 489 g/mol. The van der Waals surface area contributed by atoms with Crippen LogP contribution < -0.4 is 5.32 Å². The van der Waals surface area contributed by atoms with Gasteiger partial charge in [0.1, 0.15) is 4.88 Å². The molecule has 0 aliphatic carbocycles. The summed E-state index contributed by atoms with van der Waals surface area (Å²) in [5, 5.41) is 4.91. The molecule has 1 aliphatic heterocycles. The van der Waals surface area contributed by atoms with E-state index in [0.717, 1.165) is 15.8 Å². The van der Waals surface area contributed by atoms with Crippen molar-refractivity contribution in [3.8, 4) is 0 Å². The maximum Gasteiger partial charge on any atom is 0.265 e. The third-order valence-corrected chi connectivity index (χ3v) is 7.55. The summed E-state index contributed by atoms with van der Waals surface area (Å²) in [5.74, 6) is 0.340. The van der Waals surface area contributed by atoms with Crippen LogP contribution in [0.15, 0.2) is 42.5 Å². The minimum absolute atomic E-state index is 0.0495. The number of rotatable bonds is 5. The van der Waals surface area contributed by atoms with E-state index >= 15 is 0 Å². The number of thiophene rings is 1. The van der Waals surface area contributed by atoms with E-state index in [1.807, 2.05) is 36.4 Å². The van der Waals surface area contributed by atoms with Crippen molar-refractivity contribution in [1.29, 1.82) is 0 Å². The lowest BCUT2D eigenvalue weighted by molar-refractivity contribution is -0.117. The van der Waals surface area contributed by atoms with E-state index in [-0.39, 0.29) is 11.8 Å². The van der Waals surface area contributed by atoms with E-state index in [9.17, 15) is 9.59 Å². The predicted molar refractivity (Wildman–Crippen MR) is 133 cm³/mol. The molecule has 0 unspecified atom stereocenters. The summed E-state index contributed by atoms with van der Waals surface area (Å²) in [6, 6.07) is 13.4. The molecule has 32 heavy (non-hydrogen) atoms. The van der Waals surface area contributed by atoms with Crippen LogP contribution >= 0.6 is 34.5 Å². The van der Waals surface area contributed by atoms with E-state index in [4.69, 9.17) is 23.2 Å². The van der Waals surface area contributed by atoms with Crippen molar-refractivity contribution in [2.45, 2.75) is 19.8 Å². The van der Waals surface area contributed by atoms with Crippen LogP contribution in [0.2, 0.25) is 10.0 Å². The number of carbonyl (C=O) groups is 2. The molecule has 2 aromatic carbocycles. The molecule has 1 fully saturated rings. The zero-order chi connectivity index (χ0) is 22.8. The molecule has 4 rings (SSSR count). The molecule has 0 spiro atoms. The van der Waals surface area contributed by atoms with Gasteiger partial charge in [-0.05, 0) is 35.7 Å². The van der Waals surface area contributed by atoms with E-state index in [1.165, 1.54) is 16.9 Å². The van der Waals surface area contributed by atoms with Gasteiger partial charge in [0.25, 0.3) is 5.91 Å². The van der Waals surface area contributed by atoms with Crippen molar-refractivity contribution in [1.82, 2.24) is 9.80 Å². The SMILES string of the molecule is CC(C)c1ccc(NC(=O)CN2CCN(C(=O)c3sc4cc(Cl)ccc4c3Cl)CC2)cc1. The lowest BCUT2D eigenvalue weighted by Crippen LogP contribution is -2.50. The van der Waals surface area contributed by atoms with Gasteiger partial charge in [-0.25, -0.2) is 0 Å². The first-order valence-electron chi connectivity index (χ1n) is 10.6. The highest BCUT2D eigenvalue weighted by Crippen LogP contribution is 2.37. The van der Waals surface area contributed by atoms with Gasteiger partial charge in [-0.1, -0.05) is 55.2 Å². The molecule has 0 atom stereocenters. The minimum Gasteiger partial charge on any atom is -0.335 e. The molecular weight excluding hydrogens is 465 g/mol. The summed E-state index contributed by atoms with van der Waals surface area (Å²) in [7, 11) is 0. The van der Waals surface area contributed by atoms with Crippen molar-refractivity contribution < 1.29 is 9.59 Å². The van der Waals surface area contributed by atoms with E-state index < -0.39 is 0 Å². The van der Waals surface area contributed by atoms with Gasteiger partial charge >= 0.3 is 0 Å². The summed E-state index contributed by atoms with van der Waals surface area (Å²) >= 11 is 13.9. The van der Waals surface area contributed by atoms with Crippen molar-refractivity contribution in [2.75, 3.05) is 38.0 Å². The molecule has 5 nitrogen and oxygen atoms in total. The second-order valence-electron chi connectivity index (χ2n) is 8.28. The van der Waals surface area contributed by atoms with E-state index in [1.54, 1.807) is 11.0 Å². The number of benzene rings is 2. The fourth-order valence-corrected chi connectivity index (χ4v) is 5.54. The number of anilines is 1. The number of carbonyl (C=O) groups excluding carboxylic acids is 2. The quantitative estimate of drug-likeness (QED) is 0.497. The number of halogens is 2. The highest BCUT2D eigenvalue weighted by atomic mass is 35.5. The molecule has 1 aliphatic rings. The molecular formula is C24H25Cl2N3O2S. The summed E-state index contributed by atoms with van der Waals surface area (Å²) in [6.45, 7) is 6.97. The highest BCUT2D eigenvalue weighted by molar-refractivity contribution is 7.21. The van der Waals surface area contributed by atoms with E-state index in [0.29, 0.717) is 53.6 Å². The van der Waals surface area contributed by atoms with Gasteiger partial charge in [0, 0.05) is 47.0 Å². The van der Waals surface area contributed by atoms with Gasteiger partial charge in [0.05, 0.1) is 11.6 Å². The molecule has 1 N–H and O–H groups in total. The largest absolute Gasteiger partial charge is 0.335 e. The molecule has 0 radical (unpaired) electrons. The Kier molecular flexibility index (Phi) is 7.05. The van der Waals surface area contributed by atoms with Gasteiger partial charge in [-0.2, -0.15) is 0 Å². The lowest BCUT2D eigenvalue weighted by Gasteiger charge is -2.34. The Labute approximate surface area is 201 Å². The third-order valence-electron chi connectivity index (χ3n) is 5.67. The van der Waals surface area contributed by atoms with Crippen molar-refractivity contribution >= 4 is 62.1 Å². The first-order chi connectivity index (χ1) is 15.3. The fraction of sp³-hybridized carbons (Fsp3) is 0.333. The van der Waals surface area contributed by atoms with Gasteiger partial charge in [-0.15, -0.1) is 11.3 Å². The van der Waals surface area contributed by atoms with Crippen LogP contribution in [-0.2, 0) is 4.79 Å². The Balaban J connectivity index is 1.31. The Morgan fingerprint density at radius 3 is 2.38 bits per heavy atom. The third kappa shape index (κ3) is 5.09. The standard InChI is InChI=1S/C24H25Cl2N3O2S/c1-15(2)16-3-6-18(7-4-16)27-21(30)14-28-9-11-29(12-10-28)24(31)23-22(26)19-8-5-17(25)13-20(19)32-23/h3-8,13,15H,9-12,14H2,1-2H3,(H,27,30). The normalized spacial score (nSPS) is 14.8. The average molecular weight is 490 g/mol. The Morgan fingerprint density at radius 2 is 1.72 bits per heavy atom. The number of hydrogen-bond acceptors (Lipinski definition) is 4. The molecule has 1 saturated heterocycles.